The number of nitrogens with zero attached hydrogens (tertiary/aromatic N) is 3. The van der Waals surface area contributed by atoms with E-state index < -0.39 is 6.10 Å². The lowest BCUT2D eigenvalue weighted by Crippen LogP contribution is -2.41. The van der Waals surface area contributed by atoms with Crippen molar-refractivity contribution in [3.8, 4) is 17.1 Å². The third kappa shape index (κ3) is 4.94. The first-order valence-electron chi connectivity index (χ1n) is 13.8. The van der Waals surface area contributed by atoms with Gasteiger partial charge in [-0.15, -0.1) is 0 Å². The number of rotatable bonds is 9. The van der Waals surface area contributed by atoms with Gasteiger partial charge in [-0.3, -0.25) is 4.79 Å². The van der Waals surface area contributed by atoms with Crippen LogP contribution in [0, 0.1) is 17.8 Å². The molecule has 2 bridgehead atoms. The number of amides is 1. The standard InChI is InChI=1S/C29H35ClN6O4/c1-40-19-4-5-20(21(11-19)15-6-8-36(9-7-15)13-18(38)14-37)28-34-26-25(22(30)12-32-29(26)35-28)33-24-17-3-2-16(10-17)23(24)27(31)39/h2-5,11-12,15-18,23-24,37-38H,6-10,13-14H2,1H3,(H2,31,39)(H2,32,33,34,35). The van der Waals surface area contributed by atoms with Crippen molar-refractivity contribution >= 4 is 34.4 Å². The van der Waals surface area contributed by atoms with Crippen molar-refractivity contribution in [3.05, 3.63) is 47.1 Å². The monoisotopic (exact) mass is 566 g/mol. The molecule has 3 aromatic rings. The number of allylic oxidation sites excluding steroid dienone is 1. The van der Waals surface area contributed by atoms with Crippen LogP contribution >= 0.6 is 11.6 Å². The summed E-state index contributed by atoms with van der Waals surface area (Å²) in [7, 11) is 1.66. The molecule has 6 N–H and O–H groups in total. The molecule has 11 heteroatoms. The Morgan fingerprint density at radius 1 is 1.30 bits per heavy atom. The number of halogens is 1. The van der Waals surface area contributed by atoms with Gasteiger partial charge in [-0.1, -0.05) is 23.8 Å². The van der Waals surface area contributed by atoms with Gasteiger partial charge in [0.1, 0.15) is 17.1 Å². The molecule has 3 heterocycles. The Kier molecular flexibility index (Phi) is 7.43. The maximum absolute atomic E-state index is 12.3. The molecule has 1 saturated carbocycles. The van der Waals surface area contributed by atoms with Gasteiger partial charge in [0.2, 0.25) is 5.91 Å². The molecule has 1 aliphatic heterocycles. The van der Waals surface area contributed by atoms with E-state index in [9.17, 15) is 15.0 Å². The average Bonchev–Trinajstić information content (AvgIpc) is 3.69. The number of anilines is 1. The smallest absolute Gasteiger partial charge is 0.223 e. The molecular weight excluding hydrogens is 532 g/mol. The van der Waals surface area contributed by atoms with Gasteiger partial charge in [0.05, 0.1) is 42.6 Å². The zero-order chi connectivity index (χ0) is 28.0. The number of aliphatic hydroxyl groups excluding tert-OH is 2. The Labute approximate surface area is 237 Å². The molecule has 0 spiro atoms. The van der Waals surface area contributed by atoms with E-state index in [-0.39, 0.29) is 42.2 Å². The minimum absolute atomic E-state index is 0.145. The summed E-state index contributed by atoms with van der Waals surface area (Å²) in [5.74, 6) is 1.48. The van der Waals surface area contributed by atoms with Crippen molar-refractivity contribution in [2.75, 3.05) is 38.7 Å². The molecule has 40 heavy (non-hydrogen) atoms. The number of β-amino-alcohol motifs (C(OH)–C–C–N with tert-alkyl or cyclic N) is 1. The second kappa shape index (κ2) is 11.0. The normalized spacial score (nSPS) is 25.5. The van der Waals surface area contributed by atoms with E-state index in [0.717, 1.165) is 49.2 Å². The molecule has 5 atom stereocenters. The van der Waals surface area contributed by atoms with Crippen molar-refractivity contribution in [2.45, 2.75) is 37.3 Å². The number of benzene rings is 1. The zero-order valence-electron chi connectivity index (χ0n) is 22.4. The van der Waals surface area contributed by atoms with E-state index in [0.29, 0.717) is 34.2 Å². The molecular formula is C29H35ClN6O4. The molecule has 5 unspecified atom stereocenters. The van der Waals surface area contributed by atoms with Crippen LogP contribution < -0.4 is 15.8 Å². The molecule has 2 aromatic heterocycles. The van der Waals surface area contributed by atoms with E-state index in [2.05, 4.69) is 38.4 Å². The molecule has 10 nitrogen and oxygen atoms in total. The maximum atomic E-state index is 12.3. The number of pyridine rings is 1. The number of carbonyl (C=O) groups excluding carboxylic acids is 1. The van der Waals surface area contributed by atoms with Gasteiger partial charge in [0, 0.05) is 18.2 Å². The molecule has 1 amide bonds. The third-order valence-electron chi connectivity index (χ3n) is 8.79. The number of fused-ring (bicyclic) bond motifs is 3. The largest absolute Gasteiger partial charge is 0.497 e. The first-order chi connectivity index (χ1) is 19.4. The van der Waals surface area contributed by atoms with E-state index in [1.165, 1.54) is 0 Å². The summed E-state index contributed by atoms with van der Waals surface area (Å²) in [5, 5.41) is 23.1. The van der Waals surface area contributed by atoms with Crippen LogP contribution in [0.15, 0.2) is 36.5 Å². The van der Waals surface area contributed by atoms with Crippen molar-refractivity contribution in [3.63, 3.8) is 0 Å². The van der Waals surface area contributed by atoms with Crippen LogP contribution in [0.1, 0.15) is 30.7 Å². The number of aromatic amines is 1. The second-order valence-corrected chi connectivity index (χ2v) is 11.6. The summed E-state index contributed by atoms with van der Waals surface area (Å²) in [6.45, 7) is 1.88. The molecule has 6 rings (SSSR count). The quantitative estimate of drug-likeness (QED) is 0.248. The number of carbonyl (C=O) groups is 1. The van der Waals surface area contributed by atoms with Crippen LogP contribution in [0.5, 0.6) is 5.75 Å². The topological polar surface area (TPSA) is 150 Å². The minimum atomic E-state index is -0.727. The van der Waals surface area contributed by atoms with Crippen LogP contribution in [0.4, 0.5) is 5.69 Å². The number of nitrogens with one attached hydrogen (secondary N) is 2. The number of piperidine rings is 1. The van der Waals surface area contributed by atoms with Gasteiger partial charge in [0.15, 0.2) is 5.65 Å². The Morgan fingerprint density at radius 2 is 2.08 bits per heavy atom. The highest BCUT2D eigenvalue weighted by atomic mass is 35.5. The predicted molar refractivity (Wildman–Crippen MR) is 153 cm³/mol. The number of ether oxygens (including phenoxy) is 1. The lowest BCUT2D eigenvalue weighted by Gasteiger charge is -2.33. The molecule has 0 radical (unpaired) electrons. The number of methoxy groups -OCH3 is 1. The molecule has 1 saturated heterocycles. The molecule has 3 aliphatic rings. The summed E-state index contributed by atoms with van der Waals surface area (Å²) >= 11 is 6.66. The lowest BCUT2D eigenvalue weighted by atomic mass is 9.86. The molecule has 212 valence electrons. The summed E-state index contributed by atoms with van der Waals surface area (Å²) in [6, 6.07) is 5.88. The Bertz CT molecular complexity index is 1440. The fourth-order valence-electron chi connectivity index (χ4n) is 6.78. The highest BCUT2D eigenvalue weighted by molar-refractivity contribution is 6.34. The number of likely N-dealkylation sites (tertiary alicyclic amines) is 1. The van der Waals surface area contributed by atoms with E-state index in [1.807, 2.05) is 12.1 Å². The van der Waals surface area contributed by atoms with Crippen LogP contribution in [-0.2, 0) is 4.79 Å². The number of hydrogen-bond acceptors (Lipinski definition) is 8. The van der Waals surface area contributed by atoms with Crippen molar-refractivity contribution in [1.82, 2.24) is 19.9 Å². The fourth-order valence-corrected chi connectivity index (χ4v) is 6.98. The third-order valence-corrected chi connectivity index (χ3v) is 9.08. The highest BCUT2D eigenvalue weighted by Gasteiger charge is 2.47. The zero-order valence-corrected chi connectivity index (χ0v) is 23.1. The number of aromatic nitrogens is 3. The number of primary amides is 1. The Hall–Kier alpha value is -3.18. The molecule has 2 aliphatic carbocycles. The fraction of sp³-hybridized carbons (Fsp3) is 0.483. The average molecular weight is 567 g/mol. The van der Waals surface area contributed by atoms with E-state index in [1.54, 1.807) is 13.3 Å². The summed E-state index contributed by atoms with van der Waals surface area (Å²) in [5.41, 5.74) is 9.79. The van der Waals surface area contributed by atoms with Gasteiger partial charge in [0.25, 0.3) is 0 Å². The highest BCUT2D eigenvalue weighted by Crippen LogP contribution is 2.46. The number of H-pyrrole nitrogens is 1. The summed E-state index contributed by atoms with van der Waals surface area (Å²) in [6.07, 6.45) is 7.83. The van der Waals surface area contributed by atoms with Crippen molar-refractivity contribution < 1.29 is 19.7 Å². The van der Waals surface area contributed by atoms with Crippen molar-refractivity contribution in [2.24, 2.45) is 23.5 Å². The van der Waals surface area contributed by atoms with Gasteiger partial charge < -0.3 is 35.9 Å². The van der Waals surface area contributed by atoms with Gasteiger partial charge in [-0.05, 0) is 73.9 Å². The summed E-state index contributed by atoms with van der Waals surface area (Å²) < 4.78 is 5.56. The van der Waals surface area contributed by atoms with Gasteiger partial charge in [-0.25, -0.2) is 9.97 Å². The summed E-state index contributed by atoms with van der Waals surface area (Å²) in [4.78, 5) is 27.3. The second-order valence-electron chi connectivity index (χ2n) is 11.2. The predicted octanol–water partition coefficient (Wildman–Crippen LogP) is 2.91. The Morgan fingerprint density at radius 3 is 2.80 bits per heavy atom. The maximum Gasteiger partial charge on any atom is 0.223 e. The number of imidazole rings is 1. The molecule has 2 fully saturated rings. The van der Waals surface area contributed by atoms with Crippen LogP contribution in [0.25, 0.3) is 22.6 Å². The van der Waals surface area contributed by atoms with E-state index >= 15 is 0 Å². The van der Waals surface area contributed by atoms with Crippen LogP contribution in [0.2, 0.25) is 5.02 Å². The lowest BCUT2D eigenvalue weighted by molar-refractivity contribution is -0.122. The number of nitrogens with two attached hydrogens (primary N) is 1. The van der Waals surface area contributed by atoms with Crippen LogP contribution in [-0.4, -0.2) is 81.5 Å². The first-order valence-corrected chi connectivity index (χ1v) is 14.2. The van der Waals surface area contributed by atoms with E-state index in [4.69, 9.17) is 27.1 Å². The Balaban J connectivity index is 1.32. The van der Waals surface area contributed by atoms with Gasteiger partial charge in [-0.2, -0.15) is 0 Å². The number of hydrogen-bond donors (Lipinski definition) is 5. The van der Waals surface area contributed by atoms with Crippen LogP contribution in [0.3, 0.4) is 0 Å². The van der Waals surface area contributed by atoms with Gasteiger partial charge >= 0.3 is 0 Å². The number of aliphatic hydroxyl groups is 2. The first kappa shape index (κ1) is 27.0. The minimum Gasteiger partial charge on any atom is -0.497 e. The van der Waals surface area contributed by atoms with Crippen molar-refractivity contribution in [1.29, 1.82) is 0 Å². The molecule has 1 aromatic carbocycles. The SMILES string of the molecule is COc1ccc(-c2nc3ncc(Cl)c(NC4C5C=CC(C5)C4C(N)=O)c3[nH]2)c(C2CCN(CC(O)CO)CC2)c1.